The molecule has 0 fully saturated rings. The Morgan fingerprint density at radius 1 is 0.558 bits per heavy atom. The first-order chi connectivity index (χ1) is 21.3. The molecular formula is C39H24N2OS. The minimum absolute atomic E-state index is 0.775. The quantitative estimate of drug-likeness (QED) is 0.211. The summed E-state index contributed by atoms with van der Waals surface area (Å²) >= 11 is 1.83. The highest BCUT2D eigenvalue weighted by molar-refractivity contribution is 7.26. The van der Waals surface area contributed by atoms with Crippen LogP contribution in [-0.4, -0.2) is 4.98 Å². The summed E-state index contributed by atoms with van der Waals surface area (Å²) in [7, 11) is 0. The number of thiophene rings is 1. The van der Waals surface area contributed by atoms with E-state index in [0.29, 0.717) is 0 Å². The maximum atomic E-state index is 6.56. The first-order valence-electron chi connectivity index (χ1n) is 14.4. The van der Waals surface area contributed by atoms with Crippen molar-refractivity contribution in [3.05, 3.63) is 146 Å². The zero-order valence-corrected chi connectivity index (χ0v) is 23.9. The first-order valence-corrected chi connectivity index (χ1v) is 15.2. The fraction of sp³-hybridized carbons (Fsp3) is 0. The van der Waals surface area contributed by atoms with Crippen LogP contribution < -0.4 is 4.90 Å². The summed E-state index contributed by atoms with van der Waals surface area (Å²) in [4.78, 5) is 7.32. The summed E-state index contributed by atoms with van der Waals surface area (Å²) < 4.78 is 9.10. The van der Waals surface area contributed by atoms with Crippen molar-refractivity contribution in [3.8, 4) is 11.1 Å². The molecule has 0 spiro atoms. The molecule has 0 atom stereocenters. The van der Waals surface area contributed by atoms with Gasteiger partial charge < -0.3 is 9.32 Å². The molecule has 0 aliphatic rings. The number of rotatable bonds is 4. The number of hydrogen-bond acceptors (Lipinski definition) is 4. The normalized spacial score (nSPS) is 11.7. The lowest BCUT2D eigenvalue weighted by Gasteiger charge is -2.26. The van der Waals surface area contributed by atoms with Gasteiger partial charge in [-0.05, 0) is 52.9 Å². The van der Waals surface area contributed by atoms with Gasteiger partial charge in [-0.2, -0.15) is 0 Å². The molecule has 9 aromatic rings. The summed E-state index contributed by atoms with van der Waals surface area (Å²) in [5.74, 6) is 0. The van der Waals surface area contributed by atoms with E-state index in [1.54, 1.807) is 0 Å². The molecule has 0 amide bonds. The number of furan rings is 1. The van der Waals surface area contributed by atoms with Gasteiger partial charge in [-0.15, -0.1) is 11.3 Å². The van der Waals surface area contributed by atoms with Crippen LogP contribution in [0.3, 0.4) is 0 Å². The van der Waals surface area contributed by atoms with Gasteiger partial charge in [0.2, 0.25) is 0 Å². The van der Waals surface area contributed by atoms with Crippen LogP contribution in [0.4, 0.5) is 17.1 Å². The molecule has 202 valence electrons. The van der Waals surface area contributed by atoms with Gasteiger partial charge in [-0.25, -0.2) is 4.98 Å². The third kappa shape index (κ3) is 3.84. The lowest BCUT2D eigenvalue weighted by Crippen LogP contribution is -2.10. The Bertz CT molecular complexity index is 2460. The SMILES string of the molecule is c1ccc(-c2ccc(N(c3cnc4c(c3)oc3c5ccccc5ccc43)c3cccc4sc5ccccc5c34)cc2)cc1. The third-order valence-corrected chi connectivity index (χ3v) is 9.43. The van der Waals surface area contributed by atoms with E-state index in [2.05, 4.69) is 144 Å². The predicted molar refractivity (Wildman–Crippen MR) is 182 cm³/mol. The van der Waals surface area contributed by atoms with Crippen molar-refractivity contribution in [2.24, 2.45) is 0 Å². The van der Waals surface area contributed by atoms with Crippen LogP contribution in [0, 0.1) is 0 Å². The van der Waals surface area contributed by atoms with Crippen LogP contribution in [0.15, 0.2) is 150 Å². The Morgan fingerprint density at radius 3 is 2.19 bits per heavy atom. The van der Waals surface area contributed by atoms with Crippen molar-refractivity contribution in [3.63, 3.8) is 0 Å². The van der Waals surface area contributed by atoms with Gasteiger partial charge in [0, 0.05) is 42.7 Å². The molecule has 0 saturated carbocycles. The van der Waals surface area contributed by atoms with Gasteiger partial charge in [0.15, 0.2) is 5.58 Å². The van der Waals surface area contributed by atoms with Crippen LogP contribution in [0.1, 0.15) is 0 Å². The van der Waals surface area contributed by atoms with E-state index in [0.717, 1.165) is 49.9 Å². The fourth-order valence-electron chi connectivity index (χ4n) is 6.29. The molecule has 3 heterocycles. The van der Waals surface area contributed by atoms with Crippen molar-refractivity contribution in [2.45, 2.75) is 0 Å². The van der Waals surface area contributed by atoms with Crippen molar-refractivity contribution in [1.29, 1.82) is 0 Å². The summed E-state index contributed by atoms with van der Waals surface area (Å²) in [5.41, 5.74) is 8.04. The van der Waals surface area contributed by atoms with E-state index in [9.17, 15) is 0 Å². The van der Waals surface area contributed by atoms with Crippen molar-refractivity contribution < 1.29 is 4.42 Å². The molecule has 0 bridgehead atoms. The number of hydrogen-bond donors (Lipinski definition) is 0. The average molecular weight is 569 g/mol. The van der Waals surface area contributed by atoms with E-state index >= 15 is 0 Å². The monoisotopic (exact) mass is 568 g/mol. The van der Waals surface area contributed by atoms with E-state index < -0.39 is 0 Å². The topological polar surface area (TPSA) is 29.3 Å². The highest BCUT2D eigenvalue weighted by Gasteiger charge is 2.21. The molecule has 0 unspecified atom stereocenters. The van der Waals surface area contributed by atoms with E-state index in [1.165, 1.54) is 31.3 Å². The molecule has 9 rings (SSSR count). The van der Waals surface area contributed by atoms with E-state index in [1.807, 2.05) is 17.5 Å². The summed E-state index contributed by atoms with van der Waals surface area (Å²) in [6, 6.07) is 49.3. The smallest absolute Gasteiger partial charge is 0.155 e. The molecule has 0 N–H and O–H groups in total. The average Bonchev–Trinajstić information content (AvgIpc) is 3.64. The largest absolute Gasteiger partial charge is 0.454 e. The van der Waals surface area contributed by atoms with Crippen molar-refractivity contribution >= 4 is 81.4 Å². The minimum atomic E-state index is 0.775. The molecule has 43 heavy (non-hydrogen) atoms. The second-order valence-corrected chi connectivity index (χ2v) is 11.9. The van der Waals surface area contributed by atoms with Crippen LogP contribution in [0.25, 0.3) is 64.1 Å². The molecule has 0 saturated heterocycles. The fourth-order valence-corrected chi connectivity index (χ4v) is 7.42. The van der Waals surface area contributed by atoms with Gasteiger partial charge in [0.05, 0.1) is 17.6 Å². The van der Waals surface area contributed by atoms with Crippen LogP contribution in [0.5, 0.6) is 0 Å². The number of aromatic nitrogens is 1. The molecule has 0 radical (unpaired) electrons. The highest BCUT2D eigenvalue weighted by atomic mass is 32.1. The zero-order valence-electron chi connectivity index (χ0n) is 23.1. The summed E-state index contributed by atoms with van der Waals surface area (Å²) in [5, 5.41) is 5.79. The van der Waals surface area contributed by atoms with E-state index in [4.69, 9.17) is 9.40 Å². The zero-order chi connectivity index (χ0) is 28.3. The Kier molecular flexibility index (Phi) is 5.37. The van der Waals surface area contributed by atoms with Gasteiger partial charge >= 0.3 is 0 Å². The van der Waals surface area contributed by atoms with Crippen molar-refractivity contribution in [2.75, 3.05) is 4.90 Å². The number of nitrogens with zero attached hydrogens (tertiary/aromatic N) is 2. The van der Waals surface area contributed by atoms with Crippen LogP contribution in [-0.2, 0) is 0 Å². The standard InChI is InChI=1S/C39H24N2OS/c1-2-9-25(10-3-1)26-17-20-28(21-18-26)41(33-14-8-16-36-37(33)31-13-6-7-15-35(31)43-36)29-23-34-38(40-24-29)32-22-19-27-11-4-5-12-30(27)39(32)42-34/h1-24H. The Morgan fingerprint density at radius 2 is 1.30 bits per heavy atom. The number of anilines is 3. The number of fused-ring (bicyclic) bond motifs is 8. The van der Waals surface area contributed by atoms with Crippen LogP contribution in [0.2, 0.25) is 0 Å². The lowest BCUT2D eigenvalue weighted by atomic mass is 10.0. The molecule has 4 heteroatoms. The Labute approximate surface area is 251 Å². The van der Waals surface area contributed by atoms with Crippen molar-refractivity contribution in [1.82, 2.24) is 4.98 Å². The summed E-state index contributed by atoms with van der Waals surface area (Å²) in [6.45, 7) is 0. The molecule has 6 aromatic carbocycles. The maximum absolute atomic E-state index is 6.56. The molecule has 0 aliphatic carbocycles. The number of pyridine rings is 1. The lowest BCUT2D eigenvalue weighted by molar-refractivity contribution is 0.672. The predicted octanol–water partition coefficient (Wildman–Crippen LogP) is 11.6. The second-order valence-electron chi connectivity index (χ2n) is 10.8. The Balaban J connectivity index is 1.28. The molecular weight excluding hydrogens is 545 g/mol. The number of benzene rings is 6. The Hall–Kier alpha value is -5.45. The minimum Gasteiger partial charge on any atom is -0.454 e. The first kappa shape index (κ1) is 24.2. The molecule has 3 nitrogen and oxygen atoms in total. The van der Waals surface area contributed by atoms with Gasteiger partial charge in [0.25, 0.3) is 0 Å². The second kappa shape index (κ2) is 9.55. The maximum Gasteiger partial charge on any atom is 0.155 e. The molecule has 0 aliphatic heterocycles. The molecule has 3 aromatic heterocycles. The summed E-state index contributed by atoms with van der Waals surface area (Å²) in [6.07, 6.45) is 1.98. The van der Waals surface area contributed by atoms with Gasteiger partial charge in [-0.3, -0.25) is 0 Å². The van der Waals surface area contributed by atoms with Gasteiger partial charge in [0.1, 0.15) is 11.1 Å². The van der Waals surface area contributed by atoms with E-state index in [-0.39, 0.29) is 0 Å². The third-order valence-electron chi connectivity index (χ3n) is 8.30. The highest BCUT2D eigenvalue weighted by Crippen LogP contribution is 2.45. The van der Waals surface area contributed by atoms with Crippen LogP contribution >= 0.6 is 11.3 Å². The van der Waals surface area contributed by atoms with Gasteiger partial charge in [-0.1, -0.05) is 97.1 Å².